The van der Waals surface area contributed by atoms with E-state index in [9.17, 15) is 4.79 Å². The van der Waals surface area contributed by atoms with Gasteiger partial charge in [-0.2, -0.15) is 0 Å². The highest BCUT2D eigenvalue weighted by Gasteiger charge is 2.14. The second-order valence-electron chi connectivity index (χ2n) is 6.07. The maximum absolute atomic E-state index is 12.3. The van der Waals surface area contributed by atoms with Crippen molar-refractivity contribution < 1.29 is 19.0 Å². The Bertz CT molecular complexity index is 761. The topological polar surface area (TPSA) is 85.8 Å². The molecule has 1 aromatic carbocycles. The third-order valence-corrected chi connectivity index (χ3v) is 4.34. The standard InChI is InChI=1S/C19H24N4O4/c1-25-16-4-3-14(11-17(16)26-2)5-6-20-18(24)15-12-21-19(22-13-15)23-7-9-27-10-8-23/h3-4,11-13H,5-10H2,1-2H3,(H,20,24). The number of rotatable bonds is 7. The number of anilines is 1. The summed E-state index contributed by atoms with van der Waals surface area (Å²) in [5.41, 5.74) is 1.49. The Kier molecular flexibility index (Phi) is 6.43. The fraction of sp³-hybridized carbons (Fsp3) is 0.421. The number of carbonyl (C=O) groups excluding carboxylic acids is 1. The van der Waals surface area contributed by atoms with Crippen LogP contribution in [0.5, 0.6) is 11.5 Å². The summed E-state index contributed by atoms with van der Waals surface area (Å²) in [5, 5.41) is 2.89. The predicted molar refractivity (Wildman–Crippen MR) is 101 cm³/mol. The van der Waals surface area contributed by atoms with Crippen molar-refractivity contribution in [3.8, 4) is 11.5 Å². The highest BCUT2D eigenvalue weighted by atomic mass is 16.5. The first-order chi connectivity index (χ1) is 13.2. The van der Waals surface area contributed by atoms with Gasteiger partial charge in [-0.3, -0.25) is 4.79 Å². The summed E-state index contributed by atoms with van der Waals surface area (Å²) in [7, 11) is 3.20. The molecule has 2 aromatic rings. The van der Waals surface area contributed by atoms with Crippen molar-refractivity contribution in [3.63, 3.8) is 0 Å². The van der Waals surface area contributed by atoms with E-state index in [0.29, 0.717) is 49.2 Å². The van der Waals surface area contributed by atoms with Crippen LogP contribution in [0, 0.1) is 0 Å². The number of morpholine rings is 1. The molecule has 3 rings (SSSR count). The monoisotopic (exact) mass is 372 g/mol. The zero-order valence-corrected chi connectivity index (χ0v) is 15.6. The average molecular weight is 372 g/mol. The summed E-state index contributed by atoms with van der Waals surface area (Å²) in [6.45, 7) is 3.36. The molecule has 0 aliphatic carbocycles. The molecule has 0 spiro atoms. The number of carbonyl (C=O) groups is 1. The van der Waals surface area contributed by atoms with E-state index in [1.807, 2.05) is 23.1 Å². The number of hydrogen-bond donors (Lipinski definition) is 1. The number of aromatic nitrogens is 2. The molecule has 144 valence electrons. The summed E-state index contributed by atoms with van der Waals surface area (Å²) in [5.74, 6) is 1.79. The molecule has 8 heteroatoms. The lowest BCUT2D eigenvalue weighted by Crippen LogP contribution is -2.37. The second kappa shape index (κ2) is 9.18. The number of nitrogens with zero attached hydrogens (tertiary/aromatic N) is 3. The van der Waals surface area contributed by atoms with E-state index in [-0.39, 0.29) is 5.91 Å². The summed E-state index contributed by atoms with van der Waals surface area (Å²) in [4.78, 5) is 22.9. The average Bonchev–Trinajstić information content (AvgIpc) is 2.74. The lowest BCUT2D eigenvalue weighted by atomic mass is 10.1. The van der Waals surface area contributed by atoms with Crippen molar-refractivity contribution in [3.05, 3.63) is 41.7 Å². The number of benzene rings is 1. The Balaban J connectivity index is 1.52. The third kappa shape index (κ3) is 4.85. The molecule has 1 aliphatic heterocycles. The van der Waals surface area contributed by atoms with Crippen LogP contribution < -0.4 is 19.7 Å². The molecule has 27 heavy (non-hydrogen) atoms. The minimum absolute atomic E-state index is 0.191. The molecule has 1 N–H and O–H groups in total. The molecule has 0 saturated carbocycles. The Morgan fingerprint density at radius 2 is 1.85 bits per heavy atom. The highest BCUT2D eigenvalue weighted by Crippen LogP contribution is 2.27. The normalized spacial score (nSPS) is 13.9. The molecule has 1 aliphatic rings. The number of amides is 1. The van der Waals surface area contributed by atoms with E-state index in [4.69, 9.17) is 14.2 Å². The van der Waals surface area contributed by atoms with E-state index < -0.39 is 0 Å². The maximum Gasteiger partial charge on any atom is 0.254 e. The first-order valence-electron chi connectivity index (χ1n) is 8.85. The van der Waals surface area contributed by atoms with Gasteiger partial charge < -0.3 is 24.4 Å². The first kappa shape index (κ1) is 18.9. The van der Waals surface area contributed by atoms with E-state index in [1.54, 1.807) is 26.6 Å². The second-order valence-corrected chi connectivity index (χ2v) is 6.07. The molecule has 1 saturated heterocycles. The van der Waals surface area contributed by atoms with Gasteiger partial charge in [-0.15, -0.1) is 0 Å². The largest absolute Gasteiger partial charge is 0.493 e. The van der Waals surface area contributed by atoms with Crippen LogP contribution in [0.15, 0.2) is 30.6 Å². The summed E-state index contributed by atoms with van der Waals surface area (Å²) in [6, 6.07) is 5.72. The fourth-order valence-corrected chi connectivity index (χ4v) is 2.82. The van der Waals surface area contributed by atoms with Crippen molar-refractivity contribution in [2.45, 2.75) is 6.42 Å². The van der Waals surface area contributed by atoms with Gasteiger partial charge in [-0.05, 0) is 24.1 Å². The minimum atomic E-state index is -0.191. The van der Waals surface area contributed by atoms with Crippen molar-refractivity contribution in [1.29, 1.82) is 0 Å². The number of hydrogen-bond acceptors (Lipinski definition) is 7. The van der Waals surface area contributed by atoms with Crippen molar-refractivity contribution >= 4 is 11.9 Å². The first-order valence-corrected chi connectivity index (χ1v) is 8.85. The van der Waals surface area contributed by atoms with Crippen LogP contribution in [0.2, 0.25) is 0 Å². The van der Waals surface area contributed by atoms with Gasteiger partial charge in [0.15, 0.2) is 11.5 Å². The van der Waals surface area contributed by atoms with E-state index >= 15 is 0 Å². The molecule has 8 nitrogen and oxygen atoms in total. The van der Waals surface area contributed by atoms with Gasteiger partial charge in [0, 0.05) is 32.0 Å². The molecular formula is C19H24N4O4. The van der Waals surface area contributed by atoms with Crippen LogP contribution >= 0.6 is 0 Å². The molecule has 0 bridgehead atoms. The van der Waals surface area contributed by atoms with Crippen molar-refractivity contribution in [2.75, 3.05) is 52.0 Å². The van der Waals surface area contributed by atoms with Gasteiger partial charge in [0.2, 0.25) is 5.95 Å². The Hall–Kier alpha value is -2.87. The summed E-state index contributed by atoms with van der Waals surface area (Å²) in [6.07, 6.45) is 3.80. The maximum atomic E-state index is 12.3. The van der Waals surface area contributed by atoms with Crippen molar-refractivity contribution in [1.82, 2.24) is 15.3 Å². The Labute approximate surface area is 158 Å². The van der Waals surface area contributed by atoms with Gasteiger partial charge >= 0.3 is 0 Å². The highest BCUT2D eigenvalue weighted by molar-refractivity contribution is 5.93. The van der Waals surface area contributed by atoms with Gasteiger partial charge in [-0.25, -0.2) is 9.97 Å². The van der Waals surface area contributed by atoms with Crippen LogP contribution in [0.1, 0.15) is 15.9 Å². The number of methoxy groups -OCH3 is 2. The van der Waals surface area contributed by atoms with Crippen molar-refractivity contribution in [2.24, 2.45) is 0 Å². The van der Waals surface area contributed by atoms with Crippen LogP contribution in [0.25, 0.3) is 0 Å². The molecule has 1 aromatic heterocycles. The van der Waals surface area contributed by atoms with E-state index in [1.165, 1.54) is 0 Å². The van der Waals surface area contributed by atoms with Crippen LogP contribution in [-0.2, 0) is 11.2 Å². The molecule has 1 amide bonds. The Morgan fingerprint density at radius 1 is 1.15 bits per heavy atom. The molecular weight excluding hydrogens is 348 g/mol. The minimum Gasteiger partial charge on any atom is -0.493 e. The zero-order valence-electron chi connectivity index (χ0n) is 15.6. The molecule has 1 fully saturated rings. The van der Waals surface area contributed by atoms with Crippen LogP contribution in [-0.4, -0.2) is 62.9 Å². The molecule has 2 heterocycles. The van der Waals surface area contributed by atoms with E-state index in [2.05, 4.69) is 15.3 Å². The fourth-order valence-electron chi connectivity index (χ4n) is 2.82. The van der Waals surface area contributed by atoms with E-state index in [0.717, 1.165) is 18.7 Å². The van der Waals surface area contributed by atoms with Crippen LogP contribution in [0.3, 0.4) is 0 Å². The SMILES string of the molecule is COc1ccc(CCNC(=O)c2cnc(N3CCOCC3)nc2)cc1OC. The van der Waals surface area contributed by atoms with Gasteiger partial charge in [-0.1, -0.05) is 6.07 Å². The van der Waals surface area contributed by atoms with Gasteiger partial charge in [0.05, 0.1) is 33.0 Å². The van der Waals surface area contributed by atoms with Gasteiger partial charge in [0.25, 0.3) is 5.91 Å². The predicted octanol–water partition coefficient (Wildman–Crippen LogP) is 1.30. The zero-order chi connectivity index (χ0) is 19.1. The molecule has 0 radical (unpaired) electrons. The quantitative estimate of drug-likeness (QED) is 0.784. The van der Waals surface area contributed by atoms with Crippen LogP contribution in [0.4, 0.5) is 5.95 Å². The molecule has 0 atom stereocenters. The summed E-state index contributed by atoms with van der Waals surface area (Å²) >= 11 is 0. The Morgan fingerprint density at radius 3 is 2.52 bits per heavy atom. The summed E-state index contributed by atoms with van der Waals surface area (Å²) < 4.78 is 15.8. The third-order valence-electron chi connectivity index (χ3n) is 4.34. The number of ether oxygens (including phenoxy) is 3. The van der Waals surface area contributed by atoms with Gasteiger partial charge in [0.1, 0.15) is 0 Å². The molecule has 0 unspecified atom stereocenters. The number of nitrogens with one attached hydrogen (secondary N) is 1. The smallest absolute Gasteiger partial charge is 0.254 e. The lowest BCUT2D eigenvalue weighted by molar-refractivity contribution is 0.0953. The lowest BCUT2D eigenvalue weighted by Gasteiger charge is -2.26.